The van der Waals surface area contributed by atoms with E-state index >= 15 is 0 Å². The van der Waals surface area contributed by atoms with Crippen molar-refractivity contribution in [1.29, 1.82) is 0 Å². The Balaban J connectivity index is 1.89. The van der Waals surface area contributed by atoms with Gasteiger partial charge in [-0.1, -0.05) is 12.1 Å². The van der Waals surface area contributed by atoms with Crippen LogP contribution < -0.4 is 10.1 Å². The average molecular weight is 231 g/mol. The van der Waals surface area contributed by atoms with Crippen LogP contribution in [0.5, 0.6) is 5.75 Å². The first-order valence-corrected chi connectivity index (χ1v) is 5.69. The maximum Gasteiger partial charge on any atom is 0.120 e. The highest BCUT2D eigenvalue weighted by molar-refractivity contribution is 5.27. The van der Waals surface area contributed by atoms with E-state index in [4.69, 9.17) is 9.15 Å². The topological polar surface area (TPSA) is 34.4 Å². The molecule has 2 aromatic rings. The number of methoxy groups -OCH3 is 1. The molecule has 0 saturated heterocycles. The van der Waals surface area contributed by atoms with Crippen LogP contribution in [0.1, 0.15) is 24.3 Å². The summed E-state index contributed by atoms with van der Waals surface area (Å²) in [6, 6.07) is 12.1. The van der Waals surface area contributed by atoms with Gasteiger partial charge in [-0.3, -0.25) is 0 Å². The predicted molar refractivity (Wildman–Crippen MR) is 67.0 cm³/mol. The number of ether oxygens (including phenoxy) is 1. The molecule has 0 aliphatic carbocycles. The molecule has 0 amide bonds. The van der Waals surface area contributed by atoms with Crippen LogP contribution in [0.3, 0.4) is 0 Å². The maximum atomic E-state index is 5.34. The Morgan fingerprint density at radius 3 is 2.59 bits per heavy atom. The lowest BCUT2D eigenvalue weighted by atomic mass is 10.2. The van der Waals surface area contributed by atoms with Crippen LogP contribution in [0.4, 0.5) is 0 Å². The number of benzene rings is 1. The van der Waals surface area contributed by atoms with Crippen molar-refractivity contribution in [1.82, 2.24) is 5.32 Å². The fraction of sp³-hybridized carbons (Fsp3) is 0.286. The molecule has 90 valence electrons. The monoisotopic (exact) mass is 231 g/mol. The zero-order valence-electron chi connectivity index (χ0n) is 10.1. The molecule has 2 rings (SSSR count). The number of hydrogen-bond acceptors (Lipinski definition) is 3. The largest absolute Gasteiger partial charge is 0.497 e. The fourth-order valence-electron chi connectivity index (χ4n) is 1.65. The Hall–Kier alpha value is -1.74. The number of rotatable bonds is 5. The van der Waals surface area contributed by atoms with Crippen molar-refractivity contribution in [2.24, 2.45) is 0 Å². The van der Waals surface area contributed by atoms with E-state index in [1.165, 1.54) is 5.56 Å². The van der Waals surface area contributed by atoms with Crippen molar-refractivity contribution in [3.8, 4) is 5.75 Å². The van der Waals surface area contributed by atoms with Gasteiger partial charge in [-0.25, -0.2) is 0 Å². The Bertz CT molecular complexity index is 434. The summed E-state index contributed by atoms with van der Waals surface area (Å²) < 4.78 is 10.5. The molecule has 3 heteroatoms. The quantitative estimate of drug-likeness (QED) is 0.858. The molecule has 1 N–H and O–H groups in total. The minimum absolute atomic E-state index is 0.215. The summed E-state index contributed by atoms with van der Waals surface area (Å²) in [5.74, 6) is 1.84. The predicted octanol–water partition coefficient (Wildman–Crippen LogP) is 3.14. The van der Waals surface area contributed by atoms with Gasteiger partial charge in [0.05, 0.1) is 19.4 Å². The smallest absolute Gasteiger partial charge is 0.120 e. The molecule has 0 unspecified atom stereocenters. The molecule has 0 saturated carbocycles. The summed E-state index contributed by atoms with van der Waals surface area (Å²) >= 11 is 0. The summed E-state index contributed by atoms with van der Waals surface area (Å²) in [5.41, 5.74) is 1.23. The van der Waals surface area contributed by atoms with Gasteiger partial charge < -0.3 is 14.5 Å². The van der Waals surface area contributed by atoms with E-state index < -0.39 is 0 Å². The van der Waals surface area contributed by atoms with E-state index in [1.54, 1.807) is 13.4 Å². The van der Waals surface area contributed by atoms with Gasteiger partial charge in [-0.2, -0.15) is 0 Å². The SMILES string of the molecule is COc1ccc(CN[C@@H](C)c2ccco2)cc1. The number of furan rings is 1. The molecule has 0 spiro atoms. The number of hydrogen-bond donors (Lipinski definition) is 1. The number of nitrogens with one attached hydrogen (secondary N) is 1. The van der Waals surface area contributed by atoms with Crippen LogP contribution in [0, 0.1) is 0 Å². The Labute approximate surface area is 101 Å². The molecule has 1 atom stereocenters. The maximum absolute atomic E-state index is 5.34. The Morgan fingerprint density at radius 1 is 1.24 bits per heavy atom. The highest BCUT2D eigenvalue weighted by atomic mass is 16.5. The Kier molecular flexibility index (Phi) is 3.83. The average Bonchev–Trinajstić information content (AvgIpc) is 2.90. The molecule has 0 aliphatic rings. The van der Waals surface area contributed by atoms with Crippen LogP contribution in [0.25, 0.3) is 0 Å². The first kappa shape index (κ1) is 11.7. The van der Waals surface area contributed by atoms with Crippen molar-refractivity contribution in [2.75, 3.05) is 7.11 Å². The van der Waals surface area contributed by atoms with Gasteiger partial charge in [0.2, 0.25) is 0 Å². The summed E-state index contributed by atoms with van der Waals surface area (Å²) in [6.45, 7) is 2.90. The lowest BCUT2D eigenvalue weighted by molar-refractivity contribution is 0.414. The van der Waals surface area contributed by atoms with E-state index in [2.05, 4.69) is 24.4 Å². The van der Waals surface area contributed by atoms with Gasteiger partial charge in [0, 0.05) is 6.54 Å². The first-order chi connectivity index (χ1) is 8.29. The van der Waals surface area contributed by atoms with E-state index in [-0.39, 0.29) is 6.04 Å². The summed E-state index contributed by atoms with van der Waals surface area (Å²) in [6.07, 6.45) is 1.70. The van der Waals surface area contributed by atoms with Crippen LogP contribution in [-0.2, 0) is 6.54 Å². The molecule has 1 aromatic carbocycles. The summed E-state index contributed by atoms with van der Waals surface area (Å²) in [4.78, 5) is 0. The van der Waals surface area contributed by atoms with E-state index in [1.807, 2.05) is 24.3 Å². The fourth-order valence-corrected chi connectivity index (χ4v) is 1.65. The van der Waals surface area contributed by atoms with Gasteiger partial charge in [0.1, 0.15) is 11.5 Å². The zero-order chi connectivity index (χ0) is 12.1. The minimum atomic E-state index is 0.215. The third-order valence-electron chi connectivity index (χ3n) is 2.74. The molecule has 17 heavy (non-hydrogen) atoms. The third kappa shape index (κ3) is 3.11. The second kappa shape index (κ2) is 5.55. The summed E-state index contributed by atoms with van der Waals surface area (Å²) in [7, 11) is 1.67. The van der Waals surface area contributed by atoms with Crippen molar-refractivity contribution in [3.63, 3.8) is 0 Å². The molecule has 0 aliphatic heterocycles. The second-order valence-corrected chi connectivity index (χ2v) is 3.97. The standard InChI is InChI=1S/C14H17NO2/c1-11(14-4-3-9-17-14)15-10-12-5-7-13(16-2)8-6-12/h3-9,11,15H,10H2,1-2H3/t11-/m0/s1. The minimum Gasteiger partial charge on any atom is -0.497 e. The van der Waals surface area contributed by atoms with Crippen molar-refractivity contribution in [3.05, 3.63) is 54.0 Å². The van der Waals surface area contributed by atoms with Gasteiger partial charge in [0.25, 0.3) is 0 Å². The summed E-state index contributed by atoms with van der Waals surface area (Å²) in [5, 5.41) is 3.40. The molecule has 0 radical (unpaired) electrons. The zero-order valence-corrected chi connectivity index (χ0v) is 10.1. The van der Waals surface area contributed by atoms with E-state index in [0.29, 0.717) is 0 Å². The highest BCUT2D eigenvalue weighted by Crippen LogP contribution is 2.15. The highest BCUT2D eigenvalue weighted by Gasteiger charge is 2.06. The lowest BCUT2D eigenvalue weighted by Gasteiger charge is -2.11. The van der Waals surface area contributed by atoms with Crippen LogP contribution in [-0.4, -0.2) is 7.11 Å². The molecule has 1 aromatic heterocycles. The van der Waals surface area contributed by atoms with Crippen molar-refractivity contribution < 1.29 is 9.15 Å². The van der Waals surface area contributed by atoms with Gasteiger partial charge in [-0.15, -0.1) is 0 Å². The second-order valence-electron chi connectivity index (χ2n) is 3.97. The van der Waals surface area contributed by atoms with Gasteiger partial charge >= 0.3 is 0 Å². The van der Waals surface area contributed by atoms with Crippen molar-refractivity contribution in [2.45, 2.75) is 19.5 Å². The van der Waals surface area contributed by atoms with Gasteiger partial charge in [-0.05, 0) is 36.8 Å². The van der Waals surface area contributed by atoms with Crippen molar-refractivity contribution >= 4 is 0 Å². The van der Waals surface area contributed by atoms with Crippen LogP contribution >= 0.6 is 0 Å². The first-order valence-electron chi connectivity index (χ1n) is 5.69. The van der Waals surface area contributed by atoms with Crippen LogP contribution in [0.15, 0.2) is 47.1 Å². The van der Waals surface area contributed by atoms with Gasteiger partial charge in [0.15, 0.2) is 0 Å². The van der Waals surface area contributed by atoms with E-state index in [9.17, 15) is 0 Å². The molecule has 0 bridgehead atoms. The molecular formula is C14H17NO2. The molecule has 0 fully saturated rings. The molecular weight excluding hydrogens is 214 g/mol. The van der Waals surface area contributed by atoms with E-state index in [0.717, 1.165) is 18.1 Å². The molecule has 1 heterocycles. The molecule has 3 nitrogen and oxygen atoms in total. The Morgan fingerprint density at radius 2 is 2.00 bits per heavy atom. The normalized spacial score (nSPS) is 12.4. The lowest BCUT2D eigenvalue weighted by Crippen LogP contribution is -2.17. The third-order valence-corrected chi connectivity index (χ3v) is 2.74. The van der Waals surface area contributed by atoms with Crippen LogP contribution in [0.2, 0.25) is 0 Å².